The Hall–Kier alpha value is -1.31. The second-order valence-electron chi connectivity index (χ2n) is 6.01. The SMILES string of the molecule is COc1ccc(C)cc1S(=O)(=O)N1CCNCC1c1ccccc1Cl.Cl. The number of benzene rings is 2. The van der Waals surface area contributed by atoms with Crippen LogP contribution in [0.25, 0.3) is 0 Å². The molecule has 0 aromatic heterocycles. The topological polar surface area (TPSA) is 58.6 Å². The first-order valence-electron chi connectivity index (χ1n) is 8.07. The summed E-state index contributed by atoms with van der Waals surface area (Å²) >= 11 is 6.33. The van der Waals surface area contributed by atoms with Gasteiger partial charge in [-0.15, -0.1) is 12.4 Å². The predicted octanol–water partition coefficient (Wildman–Crippen LogP) is 3.41. The molecule has 1 aliphatic rings. The average Bonchev–Trinajstić information content (AvgIpc) is 2.62. The van der Waals surface area contributed by atoms with Gasteiger partial charge in [-0.1, -0.05) is 35.9 Å². The van der Waals surface area contributed by atoms with Gasteiger partial charge in [0.05, 0.1) is 13.2 Å². The number of piperazine rings is 1. The van der Waals surface area contributed by atoms with Gasteiger partial charge in [-0.25, -0.2) is 8.42 Å². The van der Waals surface area contributed by atoms with E-state index >= 15 is 0 Å². The summed E-state index contributed by atoms with van der Waals surface area (Å²) in [6.45, 7) is 3.34. The van der Waals surface area contributed by atoms with Crippen molar-refractivity contribution in [3.8, 4) is 5.75 Å². The molecule has 0 saturated carbocycles. The van der Waals surface area contributed by atoms with Crippen molar-refractivity contribution in [2.45, 2.75) is 17.9 Å². The lowest BCUT2D eigenvalue weighted by Crippen LogP contribution is -2.48. The fraction of sp³-hybridized carbons (Fsp3) is 0.333. The Morgan fingerprint density at radius 3 is 2.65 bits per heavy atom. The molecule has 0 radical (unpaired) electrons. The van der Waals surface area contributed by atoms with E-state index in [-0.39, 0.29) is 23.3 Å². The van der Waals surface area contributed by atoms with E-state index in [1.54, 1.807) is 18.2 Å². The molecule has 1 heterocycles. The van der Waals surface area contributed by atoms with Crippen molar-refractivity contribution in [3.05, 3.63) is 58.6 Å². The zero-order chi connectivity index (χ0) is 18.0. The number of hydrogen-bond acceptors (Lipinski definition) is 4. The van der Waals surface area contributed by atoms with Crippen LogP contribution in [0.15, 0.2) is 47.4 Å². The van der Waals surface area contributed by atoms with Crippen LogP contribution in [0.1, 0.15) is 17.2 Å². The van der Waals surface area contributed by atoms with E-state index in [1.165, 1.54) is 11.4 Å². The lowest BCUT2D eigenvalue weighted by Gasteiger charge is -2.36. The predicted molar refractivity (Wildman–Crippen MR) is 106 cm³/mol. The third-order valence-corrected chi connectivity index (χ3v) is 6.64. The fourth-order valence-electron chi connectivity index (χ4n) is 3.10. The van der Waals surface area contributed by atoms with Crippen LogP contribution in [-0.2, 0) is 10.0 Å². The van der Waals surface area contributed by atoms with Crippen LogP contribution in [-0.4, -0.2) is 39.5 Å². The molecule has 1 fully saturated rings. The molecule has 1 unspecified atom stereocenters. The maximum Gasteiger partial charge on any atom is 0.247 e. The normalized spacial score (nSPS) is 18.2. The fourth-order valence-corrected chi connectivity index (χ4v) is 5.21. The number of methoxy groups -OCH3 is 1. The molecular weight excluding hydrogens is 395 g/mol. The number of ether oxygens (including phenoxy) is 1. The molecule has 3 rings (SSSR count). The largest absolute Gasteiger partial charge is 0.495 e. The van der Waals surface area contributed by atoms with Gasteiger partial charge in [0.25, 0.3) is 0 Å². The Labute approximate surface area is 165 Å². The molecule has 5 nitrogen and oxygen atoms in total. The van der Waals surface area contributed by atoms with Crippen molar-refractivity contribution < 1.29 is 13.2 Å². The van der Waals surface area contributed by atoms with Crippen molar-refractivity contribution in [1.82, 2.24) is 9.62 Å². The molecule has 1 atom stereocenters. The van der Waals surface area contributed by atoms with E-state index in [9.17, 15) is 8.42 Å². The zero-order valence-electron chi connectivity index (χ0n) is 14.6. The first kappa shape index (κ1) is 21.0. The summed E-state index contributed by atoms with van der Waals surface area (Å²) in [5, 5.41) is 3.82. The summed E-state index contributed by atoms with van der Waals surface area (Å²) in [7, 11) is -2.25. The van der Waals surface area contributed by atoms with Gasteiger partial charge >= 0.3 is 0 Å². The van der Waals surface area contributed by atoms with E-state index in [1.807, 2.05) is 31.2 Å². The molecule has 8 heteroatoms. The van der Waals surface area contributed by atoms with Gasteiger partial charge in [-0.2, -0.15) is 4.31 Å². The van der Waals surface area contributed by atoms with Gasteiger partial charge in [0.1, 0.15) is 10.6 Å². The Morgan fingerprint density at radius 2 is 1.96 bits per heavy atom. The third kappa shape index (κ3) is 4.00. The minimum absolute atomic E-state index is 0. The highest BCUT2D eigenvalue weighted by Crippen LogP contribution is 2.35. The first-order chi connectivity index (χ1) is 11.9. The second kappa shape index (κ2) is 8.59. The minimum atomic E-state index is -3.73. The molecule has 2 aromatic carbocycles. The molecule has 0 bridgehead atoms. The van der Waals surface area contributed by atoms with Gasteiger partial charge in [0, 0.05) is 24.7 Å². The molecule has 2 aromatic rings. The highest BCUT2D eigenvalue weighted by Gasteiger charge is 2.36. The monoisotopic (exact) mass is 416 g/mol. The maximum atomic E-state index is 13.4. The lowest BCUT2D eigenvalue weighted by atomic mass is 10.1. The van der Waals surface area contributed by atoms with Gasteiger partial charge < -0.3 is 10.1 Å². The molecule has 0 spiro atoms. The lowest BCUT2D eigenvalue weighted by molar-refractivity contribution is 0.270. The van der Waals surface area contributed by atoms with Gasteiger partial charge in [0.2, 0.25) is 10.0 Å². The van der Waals surface area contributed by atoms with E-state index in [4.69, 9.17) is 16.3 Å². The van der Waals surface area contributed by atoms with E-state index in [0.29, 0.717) is 30.4 Å². The second-order valence-corrected chi connectivity index (χ2v) is 8.28. The molecule has 0 amide bonds. The maximum absolute atomic E-state index is 13.4. The molecule has 26 heavy (non-hydrogen) atoms. The van der Waals surface area contributed by atoms with Gasteiger partial charge in [-0.05, 0) is 36.2 Å². The van der Waals surface area contributed by atoms with Crippen LogP contribution in [0.3, 0.4) is 0 Å². The standard InChI is InChI=1S/C18H21ClN2O3S.ClH/c1-13-7-8-17(24-2)18(11-13)25(22,23)21-10-9-20-12-16(21)14-5-3-4-6-15(14)19;/h3-8,11,16,20H,9-10,12H2,1-2H3;1H. The van der Waals surface area contributed by atoms with Crippen LogP contribution in [0.2, 0.25) is 5.02 Å². The molecule has 1 aliphatic heterocycles. The minimum Gasteiger partial charge on any atom is -0.495 e. The molecule has 0 aliphatic carbocycles. The van der Waals surface area contributed by atoms with Crippen molar-refractivity contribution in [2.24, 2.45) is 0 Å². The highest BCUT2D eigenvalue weighted by atomic mass is 35.5. The smallest absolute Gasteiger partial charge is 0.247 e. The summed E-state index contributed by atoms with van der Waals surface area (Å²) < 4.78 is 33.6. The van der Waals surface area contributed by atoms with Crippen LogP contribution in [0, 0.1) is 6.92 Å². The Balaban J connectivity index is 0.00000243. The van der Waals surface area contributed by atoms with Crippen molar-refractivity contribution >= 4 is 34.0 Å². The Kier molecular flexibility index (Phi) is 6.93. The van der Waals surface area contributed by atoms with Crippen molar-refractivity contribution in [2.75, 3.05) is 26.7 Å². The number of halogens is 2. The van der Waals surface area contributed by atoms with Crippen molar-refractivity contribution in [3.63, 3.8) is 0 Å². The van der Waals surface area contributed by atoms with Crippen molar-refractivity contribution in [1.29, 1.82) is 0 Å². The molecule has 142 valence electrons. The highest BCUT2D eigenvalue weighted by molar-refractivity contribution is 7.89. The Bertz CT molecular complexity index is 874. The Morgan fingerprint density at radius 1 is 1.23 bits per heavy atom. The molecule has 1 saturated heterocycles. The van der Waals surface area contributed by atoms with Gasteiger partial charge in [-0.3, -0.25) is 0 Å². The number of aryl methyl sites for hydroxylation is 1. The quantitative estimate of drug-likeness (QED) is 0.829. The summed E-state index contributed by atoms with van der Waals surface area (Å²) in [5.41, 5.74) is 1.66. The molecule has 1 N–H and O–H groups in total. The number of rotatable bonds is 4. The van der Waals surface area contributed by atoms with Gasteiger partial charge in [0.15, 0.2) is 0 Å². The van der Waals surface area contributed by atoms with E-state index in [2.05, 4.69) is 5.32 Å². The van der Waals surface area contributed by atoms with E-state index in [0.717, 1.165) is 11.1 Å². The summed E-state index contributed by atoms with van der Waals surface area (Å²) in [6, 6.07) is 12.2. The number of hydrogen-bond donors (Lipinski definition) is 1. The average molecular weight is 417 g/mol. The number of nitrogens with one attached hydrogen (secondary N) is 1. The summed E-state index contributed by atoms with van der Waals surface area (Å²) in [4.78, 5) is 0.189. The van der Waals surface area contributed by atoms with Crippen LogP contribution >= 0.6 is 24.0 Å². The van der Waals surface area contributed by atoms with Crippen LogP contribution < -0.4 is 10.1 Å². The first-order valence-corrected chi connectivity index (χ1v) is 9.88. The van der Waals surface area contributed by atoms with Crippen LogP contribution in [0.4, 0.5) is 0 Å². The summed E-state index contributed by atoms with van der Waals surface area (Å²) in [6.07, 6.45) is 0. The number of nitrogens with zero attached hydrogens (tertiary/aromatic N) is 1. The zero-order valence-corrected chi connectivity index (χ0v) is 17.0. The molecular formula is C18H22Cl2N2O3S. The summed E-state index contributed by atoms with van der Waals surface area (Å²) in [5.74, 6) is 0.349. The van der Waals surface area contributed by atoms with Crippen LogP contribution in [0.5, 0.6) is 5.75 Å². The number of sulfonamides is 1. The van der Waals surface area contributed by atoms with E-state index < -0.39 is 10.0 Å². The third-order valence-electron chi connectivity index (χ3n) is 4.36.